The van der Waals surface area contributed by atoms with Crippen molar-refractivity contribution in [3.63, 3.8) is 0 Å². The Bertz CT molecular complexity index is 88.6. The van der Waals surface area contributed by atoms with E-state index in [1.54, 1.807) is 0 Å². The van der Waals surface area contributed by atoms with Crippen LogP contribution in [0.4, 0.5) is 0 Å². The molecule has 0 aromatic heterocycles. The first-order valence-electron chi connectivity index (χ1n) is 3.99. The second-order valence-electron chi connectivity index (χ2n) is 3.38. The molecular formula is C8H17N. The van der Waals surface area contributed by atoms with Gasteiger partial charge in [0.25, 0.3) is 0 Å². The van der Waals surface area contributed by atoms with Gasteiger partial charge >= 0.3 is 0 Å². The van der Waals surface area contributed by atoms with Gasteiger partial charge in [-0.1, -0.05) is 13.8 Å². The summed E-state index contributed by atoms with van der Waals surface area (Å²) < 4.78 is 0. The van der Waals surface area contributed by atoms with Gasteiger partial charge < -0.3 is 5.73 Å². The largest absolute Gasteiger partial charge is 0.328 e. The van der Waals surface area contributed by atoms with E-state index in [1.165, 1.54) is 12.8 Å². The molecule has 1 aliphatic carbocycles. The molecule has 1 fully saturated rings. The highest BCUT2D eigenvalue weighted by Crippen LogP contribution is 2.41. The van der Waals surface area contributed by atoms with Gasteiger partial charge in [-0.2, -0.15) is 0 Å². The molecule has 3 atom stereocenters. The molecule has 0 aromatic carbocycles. The van der Waals surface area contributed by atoms with E-state index < -0.39 is 0 Å². The minimum absolute atomic E-state index is 0.472. The second kappa shape index (κ2) is 2.70. The summed E-state index contributed by atoms with van der Waals surface area (Å²) in [5.41, 5.74) is 5.78. The molecule has 0 spiro atoms. The minimum atomic E-state index is 0.472. The molecule has 1 nitrogen and oxygen atoms in total. The van der Waals surface area contributed by atoms with E-state index >= 15 is 0 Å². The molecule has 0 aliphatic heterocycles. The Balaban J connectivity index is 2.05. The number of rotatable bonds is 3. The van der Waals surface area contributed by atoms with Crippen molar-refractivity contribution >= 4 is 0 Å². The van der Waals surface area contributed by atoms with Crippen molar-refractivity contribution in [1.29, 1.82) is 0 Å². The van der Waals surface area contributed by atoms with Gasteiger partial charge in [0.2, 0.25) is 0 Å². The lowest BCUT2D eigenvalue weighted by atomic mass is 10.1. The fourth-order valence-electron chi connectivity index (χ4n) is 1.28. The fourth-order valence-corrected chi connectivity index (χ4v) is 1.28. The quantitative estimate of drug-likeness (QED) is 0.614. The van der Waals surface area contributed by atoms with Gasteiger partial charge in [0.05, 0.1) is 0 Å². The van der Waals surface area contributed by atoms with Crippen LogP contribution in [-0.2, 0) is 0 Å². The van der Waals surface area contributed by atoms with Crippen molar-refractivity contribution in [1.82, 2.24) is 0 Å². The van der Waals surface area contributed by atoms with Gasteiger partial charge in [-0.15, -0.1) is 0 Å². The molecule has 0 heterocycles. The zero-order valence-corrected chi connectivity index (χ0v) is 6.43. The third-order valence-corrected chi connectivity index (χ3v) is 2.41. The Morgan fingerprint density at radius 3 is 2.56 bits per heavy atom. The average molecular weight is 127 g/mol. The normalized spacial score (nSPS) is 36.3. The highest BCUT2D eigenvalue weighted by atomic mass is 14.6. The maximum absolute atomic E-state index is 5.78. The van der Waals surface area contributed by atoms with Gasteiger partial charge in [-0.3, -0.25) is 0 Å². The highest BCUT2D eigenvalue weighted by molar-refractivity contribution is 4.84. The Kier molecular flexibility index (Phi) is 2.12. The number of nitrogens with two attached hydrogens (primary N) is 1. The Labute approximate surface area is 57.6 Å². The molecule has 0 radical (unpaired) electrons. The molecule has 1 saturated carbocycles. The first kappa shape index (κ1) is 7.07. The van der Waals surface area contributed by atoms with Crippen molar-refractivity contribution in [3.05, 3.63) is 0 Å². The van der Waals surface area contributed by atoms with Gasteiger partial charge in [0.15, 0.2) is 0 Å². The molecule has 1 heteroatoms. The van der Waals surface area contributed by atoms with E-state index in [1.807, 2.05) is 0 Å². The van der Waals surface area contributed by atoms with Crippen LogP contribution >= 0.6 is 0 Å². The summed E-state index contributed by atoms with van der Waals surface area (Å²) in [7, 11) is 0. The van der Waals surface area contributed by atoms with Crippen molar-refractivity contribution in [2.75, 3.05) is 0 Å². The fraction of sp³-hybridized carbons (Fsp3) is 1.00. The van der Waals surface area contributed by atoms with Crippen molar-refractivity contribution in [2.24, 2.45) is 17.6 Å². The van der Waals surface area contributed by atoms with Crippen molar-refractivity contribution in [2.45, 2.75) is 39.2 Å². The van der Waals surface area contributed by atoms with Crippen LogP contribution in [0.1, 0.15) is 33.1 Å². The topological polar surface area (TPSA) is 26.0 Å². The summed E-state index contributed by atoms with van der Waals surface area (Å²) in [6.45, 7) is 4.48. The van der Waals surface area contributed by atoms with Crippen LogP contribution in [0.5, 0.6) is 0 Å². The summed E-state index contributed by atoms with van der Waals surface area (Å²) in [6, 6.07) is 0.472. The predicted octanol–water partition coefficient (Wildman–Crippen LogP) is 1.77. The molecule has 1 rings (SSSR count). The molecular weight excluding hydrogens is 110 g/mol. The van der Waals surface area contributed by atoms with Crippen LogP contribution < -0.4 is 5.73 Å². The van der Waals surface area contributed by atoms with Crippen LogP contribution in [-0.4, -0.2) is 6.04 Å². The Morgan fingerprint density at radius 1 is 1.67 bits per heavy atom. The SMILES string of the molecule is CCC(N)CC1CC1C. The van der Waals surface area contributed by atoms with Gasteiger partial charge in [-0.05, 0) is 31.1 Å². The van der Waals surface area contributed by atoms with Gasteiger partial charge in [0, 0.05) is 6.04 Å². The van der Waals surface area contributed by atoms with E-state index in [9.17, 15) is 0 Å². The van der Waals surface area contributed by atoms with E-state index in [0.29, 0.717) is 6.04 Å². The first-order chi connectivity index (χ1) is 4.24. The molecule has 0 saturated heterocycles. The summed E-state index contributed by atoms with van der Waals surface area (Å²) in [4.78, 5) is 0. The molecule has 0 amide bonds. The van der Waals surface area contributed by atoms with E-state index in [4.69, 9.17) is 5.73 Å². The van der Waals surface area contributed by atoms with E-state index in [-0.39, 0.29) is 0 Å². The third-order valence-electron chi connectivity index (χ3n) is 2.41. The lowest BCUT2D eigenvalue weighted by Crippen LogP contribution is -2.19. The molecule has 0 aromatic rings. The van der Waals surface area contributed by atoms with Gasteiger partial charge in [-0.25, -0.2) is 0 Å². The molecule has 3 unspecified atom stereocenters. The predicted molar refractivity (Wildman–Crippen MR) is 40.2 cm³/mol. The molecule has 9 heavy (non-hydrogen) atoms. The summed E-state index contributed by atoms with van der Waals surface area (Å²) in [6.07, 6.45) is 3.83. The first-order valence-corrected chi connectivity index (χ1v) is 3.99. The minimum Gasteiger partial charge on any atom is -0.328 e. The van der Waals surface area contributed by atoms with E-state index in [2.05, 4.69) is 13.8 Å². The van der Waals surface area contributed by atoms with Crippen molar-refractivity contribution in [3.8, 4) is 0 Å². The van der Waals surface area contributed by atoms with Crippen LogP contribution in [0.2, 0.25) is 0 Å². The maximum atomic E-state index is 5.78. The molecule has 0 bridgehead atoms. The lowest BCUT2D eigenvalue weighted by Gasteiger charge is -2.05. The number of hydrogen-bond acceptors (Lipinski definition) is 1. The summed E-state index contributed by atoms with van der Waals surface area (Å²) in [5.74, 6) is 1.95. The monoisotopic (exact) mass is 127 g/mol. The van der Waals surface area contributed by atoms with Crippen LogP contribution in [0.25, 0.3) is 0 Å². The third kappa shape index (κ3) is 1.98. The zero-order chi connectivity index (χ0) is 6.85. The van der Waals surface area contributed by atoms with Gasteiger partial charge in [0.1, 0.15) is 0 Å². The molecule has 54 valence electrons. The Morgan fingerprint density at radius 2 is 2.22 bits per heavy atom. The lowest BCUT2D eigenvalue weighted by molar-refractivity contribution is 0.536. The molecule has 2 N–H and O–H groups in total. The van der Waals surface area contributed by atoms with E-state index in [0.717, 1.165) is 18.3 Å². The van der Waals surface area contributed by atoms with Crippen molar-refractivity contribution < 1.29 is 0 Å². The highest BCUT2D eigenvalue weighted by Gasteiger charge is 2.32. The standard InChI is InChI=1S/C8H17N/c1-3-8(9)5-7-4-6(7)2/h6-8H,3-5,9H2,1-2H3. The summed E-state index contributed by atoms with van der Waals surface area (Å²) in [5, 5.41) is 0. The zero-order valence-electron chi connectivity index (χ0n) is 6.43. The average Bonchev–Trinajstić information content (AvgIpc) is 2.47. The van der Waals surface area contributed by atoms with Crippen LogP contribution in [0, 0.1) is 11.8 Å². The van der Waals surface area contributed by atoms with Crippen LogP contribution in [0.3, 0.4) is 0 Å². The van der Waals surface area contributed by atoms with Crippen LogP contribution in [0.15, 0.2) is 0 Å². The smallest absolute Gasteiger partial charge is 0.00389 e. The number of hydrogen-bond donors (Lipinski definition) is 1. The maximum Gasteiger partial charge on any atom is 0.00389 e. The second-order valence-corrected chi connectivity index (χ2v) is 3.38. The summed E-state index contributed by atoms with van der Waals surface area (Å²) >= 11 is 0. The molecule has 1 aliphatic rings. The Hall–Kier alpha value is -0.0400.